The summed E-state index contributed by atoms with van der Waals surface area (Å²) in [5.74, 6) is 1.21. The summed E-state index contributed by atoms with van der Waals surface area (Å²) < 4.78 is 14.0. The number of amides is 1. The smallest absolute Gasteiger partial charge is 0.404 e. The number of oxime groups is 1. The Balaban J connectivity index is 1.97. The summed E-state index contributed by atoms with van der Waals surface area (Å²) in [7, 11) is -3.88. The van der Waals surface area contributed by atoms with Crippen LogP contribution in [0, 0.1) is 34.5 Å². The maximum absolute atomic E-state index is 11.7. The summed E-state index contributed by atoms with van der Waals surface area (Å²) in [6.07, 6.45) is 6.14. The van der Waals surface area contributed by atoms with Crippen molar-refractivity contribution < 1.29 is 24.0 Å². The molecule has 3 N–H and O–H groups in total. The summed E-state index contributed by atoms with van der Waals surface area (Å²) in [4.78, 5) is 11.7. The van der Waals surface area contributed by atoms with Crippen molar-refractivity contribution in [3.63, 3.8) is 0 Å². The summed E-state index contributed by atoms with van der Waals surface area (Å²) in [5.41, 5.74) is 0.749. The Bertz CT molecular complexity index is 972. The van der Waals surface area contributed by atoms with Gasteiger partial charge in [0.1, 0.15) is 0 Å². The fraction of sp³-hybridized carbons (Fsp3) is 0.938. The molecule has 0 aromatic rings. The molecule has 0 saturated heterocycles. The second kappa shape index (κ2) is 11.9. The molecule has 0 unspecified atom stereocenters. The standard InChI is InChI=1S/C32H62N2O5Si2/c1-29(2,3)40(9,10)38-21-22-19-23(39-41(11,12)30(4,5)6)15-17-31(22,7)26-16-18-32(8)25(13-14-27(32)34-37)24(26)20-33-28(35)36/h22-26,33,37H,13-21H2,1-12H3,(H,35,36)/t22-,23+,24+,25+,26+,31+,32+/m1/s1. The van der Waals surface area contributed by atoms with Gasteiger partial charge in [0.25, 0.3) is 0 Å². The Hall–Kier alpha value is -0.906. The predicted molar refractivity (Wildman–Crippen MR) is 173 cm³/mol. The molecule has 7 atom stereocenters. The van der Waals surface area contributed by atoms with E-state index in [-0.39, 0.29) is 32.9 Å². The molecule has 0 spiro atoms. The quantitative estimate of drug-likeness (QED) is 0.145. The highest BCUT2D eigenvalue weighted by atomic mass is 28.4. The average molecular weight is 611 g/mol. The van der Waals surface area contributed by atoms with Crippen LogP contribution in [0.5, 0.6) is 0 Å². The number of rotatable bonds is 8. The van der Waals surface area contributed by atoms with Crippen molar-refractivity contribution in [2.45, 2.75) is 143 Å². The minimum absolute atomic E-state index is 0.0148. The van der Waals surface area contributed by atoms with Gasteiger partial charge in [-0.1, -0.05) is 60.5 Å². The van der Waals surface area contributed by atoms with E-state index < -0.39 is 22.7 Å². The molecule has 0 aromatic carbocycles. The zero-order chi connectivity index (χ0) is 31.2. The second-order valence-corrected chi connectivity index (χ2v) is 26.7. The van der Waals surface area contributed by atoms with Crippen LogP contribution in [0.25, 0.3) is 0 Å². The lowest BCUT2D eigenvalue weighted by atomic mass is 9.49. The van der Waals surface area contributed by atoms with Crippen LogP contribution < -0.4 is 5.32 Å². The van der Waals surface area contributed by atoms with Gasteiger partial charge in [-0.05, 0) is 110 Å². The highest BCUT2D eigenvalue weighted by Gasteiger charge is 2.58. The SMILES string of the molecule is CC(C)(C)[Si](C)(C)OC[C@H]1C[C@@H](O[Si](C)(C)C(C)(C)C)CC[C@]1(C)[C@H]1CC[C@]2(C)C(=NO)CC[C@H]2[C@@H]1CNC(=O)O. The summed E-state index contributed by atoms with van der Waals surface area (Å²) in [6, 6.07) is 0. The molecule has 3 saturated carbocycles. The van der Waals surface area contributed by atoms with Crippen molar-refractivity contribution in [1.29, 1.82) is 0 Å². The summed E-state index contributed by atoms with van der Waals surface area (Å²) in [6.45, 7) is 29.2. The fourth-order valence-electron chi connectivity index (χ4n) is 7.90. The van der Waals surface area contributed by atoms with Crippen molar-refractivity contribution in [3.8, 4) is 0 Å². The largest absolute Gasteiger partial charge is 0.465 e. The first-order valence-corrected chi connectivity index (χ1v) is 21.9. The molecule has 7 nitrogen and oxygen atoms in total. The zero-order valence-electron chi connectivity index (χ0n) is 28.3. The van der Waals surface area contributed by atoms with E-state index in [1.54, 1.807) is 0 Å². The number of carboxylic acid groups (broad SMARTS) is 1. The molecule has 3 aliphatic carbocycles. The molecule has 0 heterocycles. The minimum Gasteiger partial charge on any atom is -0.465 e. The summed E-state index contributed by atoms with van der Waals surface area (Å²) in [5, 5.41) is 26.3. The topological polar surface area (TPSA) is 100 Å². The van der Waals surface area contributed by atoms with E-state index in [1.165, 1.54) is 0 Å². The number of fused-ring (bicyclic) bond motifs is 1. The first kappa shape index (κ1) is 34.6. The zero-order valence-corrected chi connectivity index (χ0v) is 30.3. The predicted octanol–water partition coefficient (Wildman–Crippen LogP) is 8.75. The van der Waals surface area contributed by atoms with E-state index in [0.29, 0.717) is 24.3 Å². The molecule has 0 radical (unpaired) electrons. The van der Waals surface area contributed by atoms with Crippen LogP contribution in [0.1, 0.15) is 100 Å². The molecule has 41 heavy (non-hydrogen) atoms. The third kappa shape index (κ3) is 6.93. The summed E-state index contributed by atoms with van der Waals surface area (Å²) >= 11 is 0. The Kier molecular flexibility index (Phi) is 10.0. The fourth-order valence-corrected chi connectivity index (χ4v) is 10.4. The van der Waals surface area contributed by atoms with E-state index in [1.807, 2.05) is 0 Å². The molecule has 0 aromatic heterocycles. The first-order valence-electron chi connectivity index (χ1n) is 16.1. The van der Waals surface area contributed by atoms with Crippen LogP contribution in [0.3, 0.4) is 0 Å². The van der Waals surface area contributed by atoms with Crippen LogP contribution >= 0.6 is 0 Å². The highest BCUT2D eigenvalue weighted by Crippen LogP contribution is 2.62. The Morgan fingerprint density at radius 3 is 2.12 bits per heavy atom. The van der Waals surface area contributed by atoms with Gasteiger partial charge in [0, 0.05) is 24.7 Å². The Morgan fingerprint density at radius 1 is 0.976 bits per heavy atom. The second-order valence-electron chi connectivity index (χ2n) is 17.2. The van der Waals surface area contributed by atoms with Crippen LogP contribution in [-0.4, -0.2) is 58.0 Å². The van der Waals surface area contributed by atoms with Gasteiger partial charge in [-0.3, -0.25) is 0 Å². The molecule has 0 bridgehead atoms. The lowest BCUT2D eigenvalue weighted by Crippen LogP contribution is -2.56. The third-order valence-corrected chi connectivity index (χ3v) is 21.9. The van der Waals surface area contributed by atoms with Crippen LogP contribution in [0.4, 0.5) is 4.79 Å². The normalized spacial score (nSPS) is 36.3. The number of nitrogens with zero attached hydrogens (tertiary/aromatic N) is 1. The van der Waals surface area contributed by atoms with Gasteiger partial charge in [0.2, 0.25) is 0 Å². The molecule has 3 rings (SSSR count). The van der Waals surface area contributed by atoms with Gasteiger partial charge in [-0.2, -0.15) is 0 Å². The van der Waals surface area contributed by atoms with Crippen molar-refractivity contribution in [2.75, 3.05) is 13.2 Å². The maximum Gasteiger partial charge on any atom is 0.404 e. The molecular formula is C32H62N2O5Si2. The molecule has 9 heteroatoms. The number of hydrogen-bond acceptors (Lipinski definition) is 5. The van der Waals surface area contributed by atoms with Crippen molar-refractivity contribution in [2.24, 2.45) is 39.7 Å². The van der Waals surface area contributed by atoms with Crippen LogP contribution in [0.2, 0.25) is 36.3 Å². The minimum atomic E-state index is -1.96. The van der Waals surface area contributed by atoms with E-state index in [0.717, 1.165) is 57.3 Å². The molecule has 238 valence electrons. The van der Waals surface area contributed by atoms with Gasteiger partial charge < -0.3 is 24.5 Å². The lowest BCUT2D eigenvalue weighted by molar-refractivity contribution is -0.0868. The average Bonchev–Trinajstić information content (AvgIpc) is 3.17. The van der Waals surface area contributed by atoms with Gasteiger partial charge in [-0.15, -0.1) is 0 Å². The lowest BCUT2D eigenvalue weighted by Gasteiger charge is -2.57. The van der Waals surface area contributed by atoms with Gasteiger partial charge in [0.05, 0.1) is 5.71 Å². The van der Waals surface area contributed by atoms with Crippen molar-refractivity contribution >= 4 is 28.4 Å². The van der Waals surface area contributed by atoms with Gasteiger partial charge in [0.15, 0.2) is 16.6 Å². The maximum atomic E-state index is 11.7. The Morgan fingerprint density at radius 2 is 1.59 bits per heavy atom. The van der Waals surface area contributed by atoms with E-state index in [9.17, 15) is 15.1 Å². The van der Waals surface area contributed by atoms with E-state index in [4.69, 9.17) is 8.85 Å². The Labute approximate surface area is 252 Å². The van der Waals surface area contributed by atoms with E-state index in [2.05, 4.69) is 92.1 Å². The highest BCUT2D eigenvalue weighted by molar-refractivity contribution is 6.74. The monoisotopic (exact) mass is 610 g/mol. The molecular weight excluding hydrogens is 549 g/mol. The van der Waals surface area contributed by atoms with Gasteiger partial charge >= 0.3 is 6.09 Å². The number of carbonyl (C=O) groups is 1. The van der Waals surface area contributed by atoms with E-state index >= 15 is 0 Å². The third-order valence-electron chi connectivity index (χ3n) is 12.8. The first-order chi connectivity index (χ1) is 18.6. The molecule has 3 fully saturated rings. The molecule has 1 amide bonds. The van der Waals surface area contributed by atoms with Gasteiger partial charge in [-0.25, -0.2) is 4.79 Å². The number of nitrogens with one attached hydrogen (secondary N) is 1. The van der Waals surface area contributed by atoms with Crippen molar-refractivity contribution in [3.05, 3.63) is 0 Å². The number of hydrogen-bond donors (Lipinski definition) is 3. The van der Waals surface area contributed by atoms with Crippen LogP contribution in [-0.2, 0) is 8.85 Å². The van der Waals surface area contributed by atoms with Crippen LogP contribution in [0.15, 0.2) is 5.16 Å². The molecule has 3 aliphatic rings. The van der Waals surface area contributed by atoms with Crippen molar-refractivity contribution in [1.82, 2.24) is 5.32 Å². The molecule has 0 aliphatic heterocycles.